The third-order valence-electron chi connectivity index (χ3n) is 4.19. The number of carbonyl (C=O) groups is 1. The Morgan fingerprint density at radius 3 is 2.53 bits per heavy atom. The molecule has 0 saturated carbocycles. The first-order chi connectivity index (χ1) is 14.7. The minimum atomic E-state index is -0.0940. The third kappa shape index (κ3) is 4.90. The van der Waals surface area contributed by atoms with Gasteiger partial charge in [-0.3, -0.25) is 9.78 Å². The average molecular weight is 434 g/mol. The van der Waals surface area contributed by atoms with Crippen LogP contribution in [0.25, 0.3) is 11.5 Å². The Kier molecular flexibility index (Phi) is 6.46. The first-order valence-corrected chi connectivity index (χ1v) is 11.1. The van der Waals surface area contributed by atoms with Crippen molar-refractivity contribution in [2.24, 2.45) is 7.05 Å². The number of para-hydroxylation sites is 1. The van der Waals surface area contributed by atoms with Gasteiger partial charge in [0, 0.05) is 23.0 Å². The summed E-state index contributed by atoms with van der Waals surface area (Å²) in [4.78, 5) is 19.0. The average Bonchev–Trinajstić information content (AvgIpc) is 3.15. The van der Waals surface area contributed by atoms with Crippen LogP contribution in [0.5, 0.6) is 0 Å². The minimum absolute atomic E-state index is 0.0940. The van der Waals surface area contributed by atoms with Gasteiger partial charge in [-0.2, -0.15) is 0 Å². The van der Waals surface area contributed by atoms with Crippen LogP contribution in [-0.2, 0) is 11.8 Å². The molecule has 0 spiro atoms. The van der Waals surface area contributed by atoms with Gasteiger partial charge >= 0.3 is 0 Å². The molecule has 150 valence electrons. The number of hydrogen-bond acceptors (Lipinski definition) is 6. The highest BCUT2D eigenvalue weighted by molar-refractivity contribution is 8.00. The number of pyridine rings is 1. The van der Waals surface area contributed by atoms with E-state index in [9.17, 15) is 4.79 Å². The lowest BCUT2D eigenvalue weighted by Crippen LogP contribution is -2.15. The van der Waals surface area contributed by atoms with Crippen LogP contribution in [0.15, 0.2) is 93.9 Å². The SMILES string of the molecule is Cn1c(SCC(=O)Nc2ccccc2Sc2ccccc2)nnc1-c1ccccn1. The summed E-state index contributed by atoms with van der Waals surface area (Å²) in [6.45, 7) is 0. The summed E-state index contributed by atoms with van der Waals surface area (Å²) >= 11 is 2.96. The van der Waals surface area contributed by atoms with Gasteiger partial charge in [0.15, 0.2) is 11.0 Å². The number of anilines is 1. The summed E-state index contributed by atoms with van der Waals surface area (Å²) in [6.07, 6.45) is 1.72. The molecule has 0 aliphatic rings. The van der Waals surface area contributed by atoms with Crippen molar-refractivity contribution in [2.45, 2.75) is 14.9 Å². The van der Waals surface area contributed by atoms with Crippen LogP contribution < -0.4 is 5.32 Å². The maximum Gasteiger partial charge on any atom is 0.234 e. The second kappa shape index (κ2) is 9.60. The first-order valence-electron chi connectivity index (χ1n) is 9.26. The highest BCUT2D eigenvalue weighted by atomic mass is 32.2. The largest absolute Gasteiger partial charge is 0.324 e. The molecule has 0 aliphatic heterocycles. The second-order valence-corrected chi connectivity index (χ2v) is 8.39. The lowest BCUT2D eigenvalue weighted by Gasteiger charge is -2.10. The van der Waals surface area contributed by atoms with Crippen molar-refractivity contribution in [2.75, 3.05) is 11.1 Å². The van der Waals surface area contributed by atoms with Crippen LogP contribution in [-0.4, -0.2) is 31.4 Å². The number of carbonyl (C=O) groups excluding carboxylic acids is 1. The fraction of sp³-hybridized carbons (Fsp3) is 0.0909. The molecule has 2 aromatic carbocycles. The summed E-state index contributed by atoms with van der Waals surface area (Å²) in [5.74, 6) is 0.810. The standard InChI is InChI=1S/C22H19N5OS2/c1-27-21(18-12-7-8-14-23-18)25-26-22(27)29-15-20(28)24-17-11-5-6-13-19(17)30-16-9-3-2-4-10-16/h2-14H,15H2,1H3,(H,24,28). The molecule has 0 aliphatic carbocycles. The second-order valence-electron chi connectivity index (χ2n) is 6.33. The van der Waals surface area contributed by atoms with E-state index in [4.69, 9.17) is 0 Å². The van der Waals surface area contributed by atoms with Gasteiger partial charge in [0.05, 0.1) is 11.4 Å². The highest BCUT2D eigenvalue weighted by Gasteiger charge is 2.14. The number of rotatable bonds is 7. The zero-order chi connectivity index (χ0) is 20.8. The molecular weight excluding hydrogens is 414 g/mol. The van der Waals surface area contributed by atoms with Crippen LogP contribution in [0.1, 0.15) is 0 Å². The van der Waals surface area contributed by atoms with Gasteiger partial charge in [-0.15, -0.1) is 10.2 Å². The third-order valence-corrected chi connectivity index (χ3v) is 6.30. The number of benzene rings is 2. The molecule has 6 nitrogen and oxygen atoms in total. The quantitative estimate of drug-likeness (QED) is 0.424. The lowest BCUT2D eigenvalue weighted by molar-refractivity contribution is -0.113. The number of amides is 1. The van der Waals surface area contributed by atoms with E-state index in [1.807, 2.05) is 84.4 Å². The van der Waals surface area contributed by atoms with Gasteiger partial charge in [0.2, 0.25) is 5.91 Å². The zero-order valence-electron chi connectivity index (χ0n) is 16.2. The lowest BCUT2D eigenvalue weighted by atomic mass is 10.3. The molecule has 0 fully saturated rings. The van der Waals surface area contributed by atoms with Gasteiger partial charge < -0.3 is 9.88 Å². The molecule has 4 rings (SSSR count). The van der Waals surface area contributed by atoms with Crippen LogP contribution in [0, 0.1) is 0 Å². The van der Waals surface area contributed by atoms with E-state index in [1.165, 1.54) is 11.8 Å². The van der Waals surface area contributed by atoms with Gasteiger partial charge in [-0.1, -0.05) is 59.9 Å². The van der Waals surface area contributed by atoms with E-state index in [0.29, 0.717) is 11.0 Å². The molecule has 4 aromatic rings. The van der Waals surface area contributed by atoms with E-state index < -0.39 is 0 Å². The number of nitrogens with one attached hydrogen (secondary N) is 1. The molecular formula is C22H19N5OS2. The predicted molar refractivity (Wildman–Crippen MR) is 121 cm³/mol. The minimum Gasteiger partial charge on any atom is -0.324 e. The Morgan fingerprint density at radius 2 is 1.73 bits per heavy atom. The fourth-order valence-corrected chi connectivity index (χ4v) is 4.38. The van der Waals surface area contributed by atoms with Gasteiger partial charge in [0.25, 0.3) is 0 Å². The van der Waals surface area contributed by atoms with Crippen molar-refractivity contribution in [3.8, 4) is 11.5 Å². The van der Waals surface area contributed by atoms with Crippen molar-refractivity contribution < 1.29 is 4.79 Å². The highest BCUT2D eigenvalue weighted by Crippen LogP contribution is 2.33. The molecule has 1 amide bonds. The Hall–Kier alpha value is -3.10. The van der Waals surface area contributed by atoms with Crippen LogP contribution >= 0.6 is 23.5 Å². The summed E-state index contributed by atoms with van der Waals surface area (Å²) in [5, 5.41) is 12.1. The van der Waals surface area contributed by atoms with E-state index in [2.05, 4.69) is 20.5 Å². The van der Waals surface area contributed by atoms with Gasteiger partial charge in [-0.25, -0.2) is 0 Å². The zero-order valence-corrected chi connectivity index (χ0v) is 17.9. The molecule has 0 bridgehead atoms. The smallest absolute Gasteiger partial charge is 0.234 e. The van der Waals surface area contributed by atoms with E-state index >= 15 is 0 Å². The number of thioether (sulfide) groups is 1. The van der Waals surface area contributed by atoms with E-state index in [-0.39, 0.29) is 11.7 Å². The van der Waals surface area contributed by atoms with Crippen molar-refractivity contribution in [3.05, 3.63) is 79.0 Å². The van der Waals surface area contributed by atoms with Crippen molar-refractivity contribution >= 4 is 35.1 Å². The monoisotopic (exact) mass is 433 g/mol. The van der Waals surface area contributed by atoms with Crippen LogP contribution in [0.3, 0.4) is 0 Å². The Morgan fingerprint density at radius 1 is 0.967 bits per heavy atom. The summed E-state index contributed by atoms with van der Waals surface area (Å²) in [7, 11) is 1.87. The summed E-state index contributed by atoms with van der Waals surface area (Å²) < 4.78 is 1.85. The Labute approximate surface area is 183 Å². The van der Waals surface area contributed by atoms with Crippen molar-refractivity contribution in [3.63, 3.8) is 0 Å². The van der Waals surface area contributed by atoms with E-state index in [0.717, 1.165) is 21.2 Å². The van der Waals surface area contributed by atoms with Crippen LogP contribution in [0.4, 0.5) is 5.69 Å². The maximum absolute atomic E-state index is 12.6. The molecule has 1 N–H and O–H groups in total. The van der Waals surface area contributed by atoms with Gasteiger partial charge in [0.1, 0.15) is 5.69 Å². The predicted octanol–water partition coefficient (Wildman–Crippen LogP) is 4.76. The summed E-state index contributed by atoms with van der Waals surface area (Å²) in [5.41, 5.74) is 1.54. The maximum atomic E-state index is 12.6. The molecule has 2 aromatic heterocycles. The molecule has 8 heteroatoms. The van der Waals surface area contributed by atoms with E-state index in [1.54, 1.807) is 18.0 Å². The summed E-state index contributed by atoms with van der Waals surface area (Å²) in [6, 6.07) is 23.5. The molecule has 0 atom stereocenters. The van der Waals surface area contributed by atoms with Crippen LogP contribution in [0.2, 0.25) is 0 Å². The number of nitrogens with zero attached hydrogens (tertiary/aromatic N) is 4. The molecule has 0 radical (unpaired) electrons. The molecule has 0 saturated heterocycles. The first kappa shape index (κ1) is 20.2. The Balaban J connectivity index is 1.40. The van der Waals surface area contributed by atoms with Crippen molar-refractivity contribution in [1.82, 2.24) is 19.7 Å². The topological polar surface area (TPSA) is 72.7 Å². The normalized spacial score (nSPS) is 10.7. The number of aromatic nitrogens is 4. The fourth-order valence-electron chi connectivity index (χ4n) is 2.75. The van der Waals surface area contributed by atoms with Crippen molar-refractivity contribution in [1.29, 1.82) is 0 Å². The molecule has 2 heterocycles. The number of hydrogen-bond donors (Lipinski definition) is 1. The molecule has 0 unspecified atom stereocenters. The Bertz CT molecular complexity index is 1130. The molecule has 30 heavy (non-hydrogen) atoms. The van der Waals surface area contributed by atoms with Gasteiger partial charge in [-0.05, 0) is 36.4 Å².